The van der Waals surface area contributed by atoms with E-state index in [1.165, 1.54) is 12.1 Å². The Kier molecular flexibility index (Phi) is 9.37. The predicted molar refractivity (Wildman–Crippen MR) is 104 cm³/mol. The molecular formula is C21H31FN2O4. The Morgan fingerprint density at radius 1 is 1.21 bits per heavy atom. The zero-order chi connectivity index (χ0) is 20.4. The summed E-state index contributed by atoms with van der Waals surface area (Å²) < 4.78 is 23.5. The van der Waals surface area contributed by atoms with Crippen LogP contribution in [0.25, 0.3) is 0 Å². The van der Waals surface area contributed by atoms with Crippen LogP contribution in [0.15, 0.2) is 24.3 Å². The molecule has 0 spiro atoms. The molecule has 1 heterocycles. The van der Waals surface area contributed by atoms with Crippen molar-refractivity contribution < 1.29 is 23.5 Å². The monoisotopic (exact) mass is 394 g/mol. The Hall–Kier alpha value is -1.99. The minimum absolute atomic E-state index is 0.0202. The SMILES string of the molecule is COCCCOCCN(C)C(=O)[C@@H]1CCCN(C(=O)Cc2ccc(F)cc2)C1. The van der Waals surface area contributed by atoms with E-state index in [9.17, 15) is 14.0 Å². The van der Waals surface area contributed by atoms with Crippen LogP contribution in [0.3, 0.4) is 0 Å². The summed E-state index contributed by atoms with van der Waals surface area (Å²) >= 11 is 0. The summed E-state index contributed by atoms with van der Waals surface area (Å²) in [5.41, 5.74) is 0.780. The number of piperidine rings is 1. The molecule has 0 N–H and O–H groups in total. The van der Waals surface area contributed by atoms with Gasteiger partial charge in [0, 0.05) is 47.0 Å². The molecule has 0 saturated carbocycles. The fourth-order valence-electron chi connectivity index (χ4n) is 3.32. The molecule has 0 aromatic heterocycles. The van der Waals surface area contributed by atoms with Crippen LogP contribution in [-0.2, 0) is 25.5 Å². The fraction of sp³-hybridized carbons (Fsp3) is 0.619. The minimum Gasteiger partial charge on any atom is -0.385 e. The van der Waals surface area contributed by atoms with Crippen LogP contribution in [0.2, 0.25) is 0 Å². The largest absolute Gasteiger partial charge is 0.385 e. The van der Waals surface area contributed by atoms with E-state index >= 15 is 0 Å². The first kappa shape index (κ1) is 22.3. The summed E-state index contributed by atoms with van der Waals surface area (Å²) in [6.07, 6.45) is 2.67. The number of nitrogens with zero attached hydrogens (tertiary/aromatic N) is 2. The normalized spacial score (nSPS) is 16.8. The van der Waals surface area contributed by atoms with Crippen molar-refractivity contribution in [1.82, 2.24) is 9.80 Å². The Bertz CT molecular complexity index is 623. The predicted octanol–water partition coefficient (Wildman–Crippen LogP) is 2.12. The molecule has 28 heavy (non-hydrogen) atoms. The Balaban J connectivity index is 1.76. The Morgan fingerprint density at radius 2 is 1.96 bits per heavy atom. The standard InChI is InChI=1S/C21H31FN2O4/c1-23(11-14-28-13-4-12-27-2)21(26)18-5-3-10-24(16-18)20(25)15-17-6-8-19(22)9-7-17/h6-9,18H,3-5,10-16H2,1-2H3/t18-/m1/s1. The van der Waals surface area contributed by atoms with Gasteiger partial charge in [0.1, 0.15) is 5.82 Å². The smallest absolute Gasteiger partial charge is 0.227 e. The molecule has 7 heteroatoms. The summed E-state index contributed by atoms with van der Waals surface area (Å²) in [5.74, 6) is -0.456. The van der Waals surface area contributed by atoms with E-state index in [0.717, 1.165) is 24.8 Å². The van der Waals surface area contributed by atoms with Gasteiger partial charge >= 0.3 is 0 Å². The molecule has 0 bridgehead atoms. The van der Waals surface area contributed by atoms with Gasteiger partial charge in [-0.15, -0.1) is 0 Å². The summed E-state index contributed by atoms with van der Waals surface area (Å²) in [6, 6.07) is 5.97. The minimum atomic E-state index is -0.314. The fourth-order valence-corrected chi connectivity index (χ4v) is 3.32. The highest BCUT2D eigenvalue weighted by atomic mass is 19.1. The maximum Gasteiger partial charge on any atom is 0.227 e. The summed E-state index contributed by atoms with van der Waals surface area (Å²) in [5, 5.41) is 0. The van der Waals surface area contributed by atoms with Crippen molar-refractivity contribution >= 4 is 11.8 Å². The first-order valence-electron chi connectivity index (χ1n) is 9.85. The molecule has 1 aromatic carbocycles. The molecule has 1 aromatic rings. The number of halogens is 1. The van der Waals surface area contributed by atoms with E-state index in [0.29, 0.717) is 39.5 Å². The lowest BCUT2D eigenvalue weighted by molar-refractivity contribution is -0.140. The van der Waals surface area contributed by atoms with E-state index in [-0.39, 0.29) is 30.0 Å². The van der Waals surface area contributed by atoms with Crippen molar-refractivity contribution in [2.75, 3.05) is 53.6 Å². The van der Waals surface area contributed by atoms with Gasteiger partial charge < -0.3 is 19.3 Å². The molecule has 156 valence electrons. The third-order valence-electron chi connectivity index (χ3n) is 4.98. The van der Waals surface area contributed by atoms with Crippen LogP contribution in [0.4, 0.5) is 4.39 Å². The number of likely N-dealkylation sites (N-methyl/N-ethyl adjacent to an activating group) is 1. The number of rotatable bonds is 10. The second-order valence-corrected chi connectivity index (χ2v) is 7.20. The second-order valence-electron chi connectivity index (χ2n) is 7.20. The van der Waals surface area contributed by atoms with E-state index < -0.39 is 0 Å². The average molecular weight is 394 g/mol. The molecule has 1 aliphatic rings. The summed E-state index contributed by atoms with van der Waals surface area (Å²) in [7, 11) is 3.43. The van der Waals surface area contributed by atoms with Gasteiger partial charge in [0.25, 0.3) is 0 Å². The molecule has 0 unspecified atom stereocenters. The summed E-state index contributed by atoms with van der Waals surface area (Å²) in [6.45, 7) is 3.41. The van der Waals surface area contributed by atoms with Crippen molar-refractivity contribution in [1.29, 1.82) is 0 Å². The molecule has 2 amide bonds. The van der Waals surface area contributed by atoms with E-state index in [1.54, 1.807) is 36.1 Å². The highest BCUT2D eigenvalue weighted by Gasteiger charge is 2.30. The van der Waals surface area contributed by atoms with Crippen LogP contribution in [0.5, 0.6) is 0 Å². The lowest BCUT2D eigenvalue weighted by Gasteiger charge is -2.34. The number of carbonyl (C=O) groups excluding carboxylic acids is 2. The zero-order valence-electron chi connectivity index (χ0n) is 16.9. The number of hydrogen-bond donors (Lipinski definition) is 0. The van der Waals surface area contributed by atoms with Crippen molar-refractivity contribution in [3.63, 3.8) is 0 Å². The number of methoxy groups -OCH3 is 1. The van der Waals surface area contributed by atoms with Crippen molar-refractivity contribution in [2.45, 2.75) is 25.7 Å². The highest BCUT2D eigenvalue weighted by molar-refractivity contribution is 5.82. The maximum atomic E-state index is 13.0. The number of likely N-dealkylation sites (tertiary alicyclic amines) is 1. The maximum absolute atomic E-state index is 13.0. The topological polar surface area (TPSA) is 59.1 Å². The molecule has 2 rings (SSSR count). The number of ether oxygens (including phenoxy) is 2. The van der Waals surface area contributed by atoms with Crippen molar-refractivity contribution in [2.24, 2.45) is 5.92 Å². The number of hydrogen-bond acceptors (Lipinski definition) is 4. The van der Waals surface area contributed by atoms with E-state index in [1.807, 2.05) is 0 Å². The number of carbonyl (C=O) groups is 2. The van der Waals surface area contributed by atoms with Gasteiger partial charge in [0.05, 0.1) is 18.9 Å². The van der Waals surface area contributed by atoms with Gasteiger partial charge in [0.2, 0.25) is 11.8 Å². The second kappa shape index (κ2) is 11.8. The number of amides is 2. The van der Waals surface area contributed by atoms with Crippen LogP contribution in [0.1, 0.15) is 24.8 Å². The van der Waals surface area contributed by atoms with Gasteiger partial charge in [-0.2, -0.15) is 0 Å². The van der Waals surface area contributed by atoms with Crippen LogP contribution in [0, 0.1) is 11.7 Å². The van der Waals surface area contributed by atoms with Gasteiger partial charge in [-0.05, 0) is 37.0 Å². The van der Waals surface area contributed by atoms with Gasteiger partial charge in [0.15, 0.2) is 0 Å². The van der Waals surface area contributed by atoms with Crippen LogP contribution in [-0.4, -0.2) is 75.2 Å². The first-order valence-corrected chi connectivity index (χ1v) is 9.85. The van der Waals surface area contributed by atoms with Gasteiger partial charge in [-0.1, -0.05) is 12.1 Å². The molecule has 6 nitrogen and oxygen atoms in total. The molecule has 0 aliphatic carbocycles. The third-order valence-corrected chi connectivity index (χ3v) is 4.98. The highest BCUT2D eigenvalue weighted by Crippen LogP contribution is 2.19. The van der Waals surface area contributed by atoms with Gasteiger partial charge in [-0.25, -0.2) is 4.39 Å². The van der Waals surface area contributed by atoms with Crippen LogP contribution >= 0.6 is 0 Å². The third kappa shape index (κ3) is 7.20. The van der Waals surface area contributed by atoms with Gasteiger partial charge in [-0.3, -0.25) is 9.59 Å². The quantitative estimate of drug-likeness (QED) is 0.571. The lowest BCUT2D eigenvalue weighted by atomic mass is 9.96. The zero-order valence-corrected chi connectivity index (χ0v) is 16.9. The van der Waals surface area contributed by atoms with E-state index in [2.05, 4.69) is 0 Å². The average Bonchev–Trinajstić information content (AvgIpc) is 2.71. The molecule has 1 fully saturated rings. The van der Waals surface area contributed by atoms with Crippen molar-refractivity contribution in [3.8, 4) is 0 Å². The first-order chi connectivity index (χ1) is 13.5. The lowest BCUT2D eigenvalue weighted by Crippen LogP contribution is -2.46. The Morgan fingerprint density at radius 3 is 2.68 bits per heavy atom. The Labute approximate surface area is 166 Å². The molecule has 0 radical (unpaired) electrons. The number of benzene rings is 1. The molecule has 1 aliphatic heterocycles. The molecular weight excluding hydrogens is 363 g/mol. The molecule has 1 atom stereocenters. The molecule has 1 saturated heterocycles. The van der Waals surface area contributed by atoms with Crippen molar-refractivity contribution in [3.05, 3.63) is 35.6 Å². The van der Waals surface area contributed by atoms with E-state index in [4.69, 9.17) is 9.47 Å². The summed E-state index contributed by atoms with van der Waals surface area (Å²) in [4.78, 5) is 28.7. The van der Waals surface area contributed by atoms with Crippen LogP contribution < -0.4 is 0 Å².